The third-order valence-corrected chi connectivity index (χ3v) is 6.38. The van der Waals surface area contributed by atoms with Crippen molar-refractivity contribution in [2.75, 3.05) is 13.1 Å². The van der Waals surface area contributed by atoms with Crippen molar-refractivity contribution in [2.45, 2.75) is 38.9 Å². The number of imidazole rings is 1. The minimum Gasteiger partial charge on any atom is -0.323 e. The van der Waals surface area contributed by atoms with E-state index in [0.717, 1.165) is 43.5 Å². The molecule has 7 heteroatoms. The lowest BCUT2D eigenvalue weighted by Gasteiger charge is -2.23. The van der Waals surface area contributed by atoms with Crippen LogP contribution in [0, 0.1) is 12.8 Å². The second-order valence-electron chi connectivity index (χ2n) is 8.61. The molecule has 2 aromatic heterocycles. The minimum atomic E-state index is -4.58. The second-order valence-corrected chi connectivity index (χ2v) is 8.61. The molecule has 1 aliphatic heterocycles. The summed E-state index contributed by atoms with van der Waals surface area (Å²) in [5.41, 5.74) is 1.78. The molecule has 3 heterocycles. The van der Waals surface area contributed by atoms with Crippen molar-refractivity contribution >= 4 is 21.9 Å². The number of alkyl halides is 3. The highest BCUT2D eigenvalue weighted by Crippen LogP contribution is 2.38. The number of nitrogens with zero attached hydrogens (tertiary/aromatic N) is 3. The number of nitrogens with one attached hydrogen (secondary N) is 1. The molecule has 0 amide bonds. The largest absolute Gasteiger partial charge is 0.435 e. The van der Waals surface area contributed by atoms with Crippen LogP contribution in [0.3, 0.4) is 0 Å². The Morgan fingerprint density at radius 2 is 1.72 bits per heavy atom. The van der Waals surface area contributed by atoms with Gasteiger partial charge in [0, 0.05) is 17.5 Å². The Labute approximate surface area is 184 Å². The Morgan fingerprint density at radius 1 is 1.00 bits per heavy atom. The molecule has 4 nitrogen and oxygen atoms in total. The van der Waals surface area contributed by atoms with Crippen LogP contribution in [0.4, 0.5) is 13.2 Å². The number of fused-ring (bicyclic) bond motifs is 3. The third-order valence-electron chi connectivity index (χ3n) is 6.38. The van der Waals surface area contributed by atoms with Gasteiger partial charge in [-0.1, -0.05) is 48.0 Å². The molecular weight excluding hydrogens is 413 g/mol. The number of rotatable bonds is 4. The fourth-order valence-corrected chi connectivity index (χ4v) is 4.66. The Bertz CT molecular complexity index is 1250. The van der Waals surface area contributed by atoms with Crippen molar-refractivity contribution in [1.82, 2.24) is 19.9 Å². The molecule has 0 atom stereocenters. The molecule has 32 heavy (non-hydrogen) atoms. The average molecular weight is 438 g/mol. The molecule has 0 spiro atoms. The molecule has 1 saturated heterocycles. The van der Waals surface area contributed by atoms with Crippen molar-refractivity contribution in [3.63, 3.8) is 0 Å². The lowest BCUT2D eigenvalue weighted by Crippen LogP contribution is -2.28. The fraction of sp³-hybridized carbons (Fsp3) is 0.360. The SMILES string of the molecule is Cc1ccc(-c2nc3c(C(F)(F)F)nc4ccccc4c3n2CCC2CCNCC2)cc1. The van der Waals surface area contributed by atoms with E-state index in [4.69, 9.17) is 0 Å². The summed E-state index contributed by atoms with van der Waals surface area (Å²) in [5.74, 6) is 1.12. The summed E-state index contributed by atoms with van der Waals surface area (Å²) < 4.78 is 44.0. The molecule has 0 unspecified atom stereocenters. The monoisotopic (exact) mass is 438 g/mol. The topological polar surface area (TPSA) is 42.7 Å². The van der Waals surface area contributed by atoms with Gasteiger partial charge in [-0.25, -0.2) is 9.97 Å². The van der Waals surface area contributed by atoms with Crippen LogP contribution < -0.4 is 5.32 Å². The molecule has 0 bridgehead atoms. The van der Waals surface area contributed by atoms with Gasteiger partial charge in [0.1, 0.15) is 11.3 Å². The summed E-state index contributed by atoms with van der Waals surface area (Å²) in [6.45, 7) is 4.59. The Morgan fingerprint density at radius 3 is 2.44 bits per heavy atom. The molecule has 0 radical (unpaired) electrons. The van der Waals surface area contributed by atoms with Gasteiger partial charge >= 0.3 is 6.18 Å². The van der Waals surface area contributed by atoms with Crippen molar-refractivity contribution in [1.29, 1.82) is 0 Å². The number of piperidine rings is 1. The summed E-state index contributed by atoms with van der Waals surface area (Å²) in [5, 5.41) is 4.08. The van der Waals surface area contributed by atoms with Crippen molar-refractivity contribution in [2.24, 2.45) is 5.92 Å². The first-order valence-corrected chi connectivity index (χ1v) is 11.1. The number of benzene rings is 2. The first-order chi connectivity index (χ1) is 15.4. The van der Waals surface area contributed by atoms with Gasteiger partial charge in [0.2, 0.25) is 0 Å². The number of hydrogen-bond donors (Lipinski definition) is 1. The van der Waals surface area contributed by atoms with Gasteiger partial charge in [-0.15, -0.1) is 0 Å². The van der Waals surface area contributed by atoms with Crippen LogP contribution in [0.1, 0.15) is 30.5 Å². The number of pyridine rings is 1. The molecule has 5 rings (SSSR count). The standard InChI is InChI=1S/C25H25F3N4/c1-16-6-8-18(9-7-16)24-31-21-22(32(24)15-12-17-10-13-29-14-11-17)19-4-2-3-5-20(19)30-23(21)25(26,27)28/h2-9,17,29H,10-15H2,1H3. The number of aryl methyl sites for hydroxylation is 2. The zero-order valence-electron chi connectivity index (χ0n) is 17.9. The molecule has 166 valence electrons. The van der Waals surface area contributed by atoms with E-state index in [0.29, 0.717) is 34.7 Å². The van der Waals surface area contributed by atoms with E-state index in [1.807, 2.05) is 47.9 Å². The van der Waals surface area contributed by atoms with Gasteiger partial charge in [0.25, 0.3) is 0 Å². The summed E-state index contributed by atoms with van der Waals surface area (Å²) in [6.07, 6.45) is -1.50. The predicted octanol–water partition coefficient (Wildman–Crippen LogP) is 5.97. The molecule has 0 aliphatic carbocycles. The molecule has 0 saturated carbocycles. The summed E-state index contributed by atoms with van der Waals surface area (Å²) in [6, 6.07) is 14.8. The van der Waals surface area contributed by atoms with Gasteiger partial charge in [-0.3, -0.25) is 0 Å². The molecule has 4 aromatic rings. The highest BCUT2D eigenvalue weighted by atomic mass is 19.4. The highest BCUT2D eigenvalue weighted by Gasteiger charge is 2.37. The highest BCUT2D eigenvalue weighted by molar-refractivity contribution is 6.04. The lowest BCUT2D eigenvalue weighted by atomic mass is 9.94. The lowest BCUT2D eigenvalue weighted by molar-refractivity contribution is -0.139. The summed E-state index contributed by atoms with van der Waals surface area (Å²) >= 11 is 0. The van der Waals surface area contributed by atoms with Crippen LogP contribution in [0.25, 0.3) is 33.3 Å². The van der Waals surface area contributed by atoms with Gasteiger partial charge < -0.3 is 9.88 Å². The Balaban J connectivity index is 1.75. The first kappa shape index (κ1) is 20.9. The van der Waals surface area contributed by atoms with E-state index in [-0.39, 0.29) is 5.52 Å². The predicted molar refractivity (Wildman–Crippen MR) is 120 cm³/mol. The van der Waals surface area contributed by atoms with Crippen LogP contribution in [0.2, 0.25) is 0 Å². The zero-order chi connectivity index (χ0) is 22.3. The Hall–Kier alpha value is -2.93. The van der Waals surface area contributed by atoms with E-state index in [1.165, 1.54) is 0 Å². The second kappa shape index (κ2) is 8.20. The maximum atomic E-state index is 14.0. The van der Waals surface area contributed by atoms with E-state index in [1.54, 1.807) is 12.1 Å². The molecule has 2 aromatic carbocycles. The normalized spacial score (nSPS) is 15.6. The fourth-order valence-electron chi connectivity index (χ4n) is 4.66. The van der Waals surface area contributed by atoms with E-state index in [9.17, 15) is 13.2 Å². The third kappa shape index (κ3) is 3.86. The molecule has 1 N–H and O–H groups in total. The van der Waals surface area contributed by atoms with E-state index < -0.39 is 11.9 Å². The van der Waals surface area contributed by atoms with E-state index >= 15 is 0 Å². The molecule has 1 aliphatic rings. The summed E-state index contributed by atoms with van der Waals surface area (Å²) in [4.78, 5) is 8.54. The number of aromatic nitrogens is 3. The maximum absolute atomic E-state index is 14.0. The van der Waals surface area contributed by atoms with Crippen LogP contribution in [-0.2, 0) is 12.7 Å². The quantitative estimate of drug-likeness (QED) is 0.427. The van der Waals surface area contributed by atoms with Gasteiger partial charge in [-0.2, -0.15) is 13.2 Å². The molecule has 1 fully saturated rings. The van der Waals surface area contributed by atoms with Gasteiger partial charge in [-0.05, 0) is 51.3 Å². The smallest absolute Gasteiger partial charge is 0.323 e. The van der Waals surface area contributed by atoms with Crippen molar-refractivity contribution in [3.05, 3.63) is 59.8 Å². The minimum absolute atomic E-state index is 0.0721. The number of para-hydroxylation sites is 1. The molecular formula is C25H25F3N4. The van der Waals surface area contributed by atoms with Gasteiger partial charge in [0.15, 0.2) is 5.69 Å². The Kier molecular flexibility index (Phi) is 5.37. The summed E-state index contributed by atoms with van der Waals surface area (Å²) in [7, 11) is 0. The maximum Gasteiger partial charge on any atom is 0.435 e. The van der Waals surface area contributed by atoms with Gasteiger partial charge in [0.05, 0.1) is 11.0 Å². The first-order valence-electron chi connectivity index (χ1n) is 11.1. The van der Waals surface area contributed by atoms with Crippen molar-refractivity contribution in [3.8, 4) is 11.4 Å². The zero-order valence-corrected chi connectivity index (χ0v) is 17.9. The van der Waals surface area contributed by atoms with Crippen LogP contribution in [-0.4, -0.2) is 27.6 Å². The van der Waals surface area contributed by atoms with Crippen LogP contribution in [0.15, 0.2) is 48.5 Å². The van der Waals surface area contributed by atoms with Crippen molar-refractivity contribution < 1.29 is 13.2 Å². The number of halogens is 3. The van der Waals surface area contributed by atoms with E-state index in [2.05, 4.69) is 15.3 Å². The van der Waals surface area contributed by atoms with Crippen LogP contribution in [0.5, 0.6) is 0 Å². The average Bonchev–Trinajstić information content (AvgIpc) is 3.17. The van der Waals surface area contributed by atoms with Crippen LogP contribution >= 0.6 is 0 Å². The number of hydrogen-bond acceptors (Lipinski definition) is 3.